The molecule has 0 spiro atoms. The van der Waals surface area contributed by atoms with Crippen molar-refractivity contribution < 1.29 is 0 Å². The van der Waals surface area contributed by atoms with Gasteiger partial charge in [-0.25, -0.2) is 4.98 Å². The van der Waals surface area contributed by atoms with Gasteiger partial charge >= 0.3 is 0 Å². The molecule has 0 bridgehead atoms. The van der Waals surface area contributed by atoms with E-state index in [9.17, 15) is 0 Å². The maximum Gasteiger partial charge on any atom is 0.140 e. The molecule has 2 aromatic rings. The van der Waals surface area contributed by atoms with E-state index in [1.54, 1.807) is 0 Å². The summed E-state index contributed by atoms with van der Waals surface area (Å²) in [5, 5.41) is 0. The first-order valence-corrected chi connectivity index (χ1v) is 6.76. The molecule has 0 saturated heterocycles. The molecule has 0 atom stereocenters. The van der Waals surface area contributed by atoms with Gasteiger partial charge in [0.05, 0.1) is 0 Å². The molecule has 0 amide bonds. The summed E-state index contributed by atoms with van der Waals surface area (Å²) in [6, 6.07) is 9.93. The van der Waals surface area contributed by atoms with Crippen LogP contribution in [0.3, 0.4) is 0 Å². The number of nitrogens with zero attached hydrogens (tertiary/aromatic N) is 1. The molecule has 0 aliphatic rings. The number of benzene rings is 1. The van der Waals surface area contributed by atoms with Crippen molar-refractivity contribution in [2.24, 2.45) is 0 Å². The molecule has 0 aliphatic heterocycles. The summed E-state index contributed by atoms with van der Waals surface area (Å²) >= 11 is 8.73. The number of hydrogen-bond donors (Lipinski definition) is 1. The summed E-state index contributed by atoms with van der Waals surface area (Å²) < 4.78 is 1.66. The normalized spacial score (nSPS) is 10.5. The molecule has 0 unspecified atom stereocenters. The summed E-state index contributed by atoms with van der Waals surface area (Å²) in [6.07, 6.45) is 2.08. The van der Waals surface area contributed by atoms with Gasteiger partial charge in [-0.05, 0) is 18.6 Å². The molecule has 0 radical (unpaired) electrons. The maximum absolute atomic E-state index is 5.20. The first-order chi connectivity index (χ1) is 8.20. The van der Waals surface area contributed by atoms with E-state index in [4.69, 9.17) is 12.2 Å². The van der Waals surface area contributed by atoms with E-state index in [1.807, 2.05) is 30.3 Å². The lowest BCUT2D eigenvalue weighted by molar-refractivity contribution is 0.873. The molecule has 1 N–H and O–H groups in total. The number of aryl methyl sites for hydroxylation is 1. The van der Waals surface area contributed by atoms with E-state index in [2.05, 4.69) is 32.8 Å². The Kier molecular flexibility index (Phi) is 4.07. The predicted molar refractivity (Wildman–Crippen MR) is 76.6 cm³/mol. The predicted octanol–water partition coefficient (Wildman–Crippen LogP) is 4.52. The third kappa shape index (κ3) is 3.01. The fraction of sp³-hybridized carbons (Fsp3) is 0.231. The highest BCUT2D eigenvalue weighted by Crippen LogP contribution is 2.25. The second-order valence-corrected chi connectivity index (χ2v) is 5.10. The van der Waals surface area contributed by atoms with Crippen molar-refractivity contribution in [1.29, 1.82) is 0 Å². The minimum atomic E-state index is 0.637. The van der Waals surface area contributed by atoms with Crippen molar-refractivity contribution in [1.82, 2.24) is 9.97 Å². The molecule has 1 heterocycles. The van der Waals surface area contributed by atoms with E-state index < -0.39 is 0 Å². The Morgan fingerprint density at radius 3 is 2.82 bits per heavy atom. The fourth-order valence-electron chi connectivity index (χ4n) is 1.69. The fourth-order valence-corrected chi connectivity index (χ4v) is 2.40. The number of aromatic nitrogens is 2. The highest BCUT2D eigenvalue weighted by molar-refractivity contribution is 9.10. The van der Waals surface area contributed by atoms with Crippen LogP contribution in [0.2, 0.25) is 0 Å². The van der Waals surface area contributed by atoms with Crippen molar-refractivity contribution in [3.63, 3.8) is 0 Å². The number of aromatic amines is 1. The Hall–Kier alpha value is -1.000. The smallest absolute Gasteiger partial charge is 0.140 e. The van der Waals surface area contributed by atoms with Crippen molar-refractivity contribution in [3.05, 3.63) is 45.1 Å². The van der Waals surface area contributed by atoms with E-state index in [1.165, 1.54) is 0 Å². The lowest BCUT2D eigenvalue weighted by Gasteiger charge is -2.06. The van der Waals surface area contributed by atoms with Gasteiger partial charge < -0.3 is 4.98 Å². The second-order valence-electron chi connectivity index (χ2n) is 3.82. The van der Waals surface area contributed by atoms with Crippen LogP contribution in [0.15, 0.2) is 34.8 Å². The molecule has 17 heavy (non-hydrogen) atoms. The van der Waals surface area contributed by atoms with Crippen molar-refractivity contribution in [3.8, 4) is 11.4 Å². The van der Waals surface area contributed by atoms with Crippen molar-refractivity contribution in [2.75, 3.05) is 0 Å². The lowest BCUT2D eigenvalue weighted by atomic mass is 10.2. The van der Waals surface area contributed by atoms with Crippen LogP contribution in [0.4, 0.5) is 0 Å². The van der Waals surface area contributed by atoms with Gasteiger partial charge in [-0.2, -0.15) is 0 Å². The molecular weight excluding hydrogens is 296 g/mol. The van der Waals surface area contributed by atoms with Gasteiger partial charge in [-0.1, -0.05) is 59.7 Å². The Morgan fingerprint density at radius 2 is 2.12 bits per heavy atom. The number of nitrogens with one attached hydrogen (secondary N) is 1. The van der Waals surface area contributed by atoms with Crippen LogP contribution < -0.4 is 0 Å². The molecule has 1 aromatic carbocycles. The highest BCUT2D eigenvalue weighted by atomic mass is 79.9. The molecule has 2 nitrogen and oxygen atoms in total. The molecule has 2 rings (SSSR count). The van der Waals surface area contributed by atoms with Gasteiger partial charge in [-0.15, -0.1) is 0 Å². The monoisotopic (exact) mass is 308 g/mol. The van der Waals surface area contributed by atoms with Crippen molar-refractivity contribution in [2.45, 2.75) is 19.8 Å². The van der Waals surface area contributed by atoms with Crippen LogP contribution in [0, 0.1) is 4.64 Å². The van der Waals surface area contributed by atoms with Crippen LogP contribution in [0.1, 0.15) is 19.0 Å². The van der Waals surface area contributed by atoms with Crippen LogP contribution in [0.25, 0.3) is 11.4 Å². The van der Waals surface area contributed by atoms with E-state index in [-0.39, 0.29) is 0 Å². The number of halogens is 1. The second kappa shape index (κ2) is 5.56. The average Bonchev–Trinajstić information content (AvgIpc) is 2.29. The Bertz CT molecular complexity index is 578. The lowest BCUT2D eigenvalue weighted by Crippen LogP contribution is -1.96. The topological polar surface area (TPSA) is 28.7 Å². The van der Waals surface area contributed by atoms with Gasteiger partial charge in [0, 0.05) is 15.7 Å². The number of rotatable bonds is 3. The first kappa shape index (κ1) is 12.5. The van der Waals surface area contributed by atoms with Crippen LogP contribution in [-0.4, -0.2) is 9.97 Å². The quantitative estimate of drug-likeness (QED) is 0.844. The zero-order valence-electron chi connectivity index (χ0n) is 9.53. The zero-order chi connectivity index (χ0) is 12.3. The van der Waals surface area contributed by atoms with Crippen LogP contribution >= 0.6 is 28.1 Å². The largest absolute Gasteiger partial charge is 0.343 e. The van der Waals surface area contributed by atoms with Gasteiger partial charge in [-0.3, -0.25) is 0 Å². The van der Waals surface area contributed by atoms with Crippen LogP contribution in [0.5, 0.6) is 0 Å². The summed E-state index contributed by atoms with van der Waals surface area (Å²) in [5.41, 5.74) is 2.18. The molecule has 4 heteroatoms. The molecule has 88 valence electrons. The maximum atomic E-state index is 5.20. The van der Waals surface area contributed by atoms with Gasteiger partial charge in [0.2, 0.25) is 0 Å². The molecular formula is C13H13BrN2S. The zero-order valence-corrected chi connectivity index (χ0v) is 11.9. The van der Waals surface area contributed by atoms with Crippen LogP contribution in [-0.2, 0) is 6.42 Å². The van der Waals surface area contributed by atoms with Gasteiger partial charge in [0.15, 0.2) is 0 Å². The Balaban J connectivity index is 2.52. The van der Waals surface area contributed by atoms with Gasteiger partial charge in [0.25, 0.3) is 0 Å². The standard InChI is InChI=1S/C13H13BrN2S/c1-2-5-9-8-12(17)16-13(15-9)10-6-3-4-7-11(10)14/h3-4,6-8H,2,5H2,1H3,(H,15,16,17). The minimum Gasteiger partial charge on any atom is -0.343 e. The first-order valence-electron chi connectivity index (χ1n) is 5.56. The Morgan fingerprint density at radius 1 is 1.35 bits per heavy atom. The van der Waals surface area contributed by atoms with Gasteiger partial charge in [0.1, 0.15) is 10.5 Å². The third-order valence-corrected chi connectivity index (χ3v) is 3.35. The minimum absolute atomic E-state index is 0.637. The molecule has 1 aromatic heterocycles. The van der Waals surface area contributed by atoms with E-state index in [0.29, 0.717) is 4.64 Å². The number of hydrogen-bond acceptors (Lipinski definition) is 2. The Labute approximate surface area is 114 Å². The summed E-state index contributed by atoms with van der Waals surface area (Å²) in [7, 11) is 0. The summed E-state index contributed by atoms with van der Waals surface area (Å²) in [4.78, 5) is 7.71. The summed E-state index contributed by atoms with van der Waals surface area (Å²) in [5.74, 6) is 0.827. The molecule has 0 aliphatic carbocycles. The molecule has 0 fully saturated rings. The highest BCUT2D eigenvalue weighted by Gasteiger charge is 2.05. The summed E-state index contributed by atoms with van der Waals surface area (Å²) in [6.45, 7) is 2.15. The van der Waals surface area contributed by atoms with Crippen molar-refractivity contribution >= 4 is 28.1 Å². The molecule has 0 saturated carbocycles. The number of H-pyrrole nitrogens is 1. The SMILES string of the molecule is CCCc1cc(=S)nc(-c2ccccc2Br)[nH]1. The average molecular weight is 309 g/mol. The third-order valence-electron chi connectivity index (χ3n) is 2.45. The van der Waals surface area contributed by atoms with E-state index >= 15 is 0 Å². The van der Waals surface area contributed by atoms with E-state index in [0.717, 1.165) is 34.4 Å².